The van der Waals surface area contributed by atoms with Crippen LogP contribution in [-0.4, -0.2) is 22.9 Å². The number of rotatable bonds is 6. The van der Waals surface area contributed by atoms with Crippen LogP contribution >= 0.6 is 0 Å². The lowest BCUT2D eigenvalue weighted by Crippen LogP contribution is -2.22. The van der Waals surface area contributed by atoms with E-state index in [9.17, 15) is 14.3 Å². The number of aliphatic hydroxyl groups is 1. The Hall–Kier alpha value is -3.11. The van der Waals surface area contributed by atoms with Crippen molar-refractivity contribution >= 4 is 11.8 Å². The van der Waals surface area contributed by atoms with Gasteiger partial charge in [-0.15, -0.1) is 0 Å². The number of amides is 1. The number of ether oxygens (including phenoxy) is 1. The van der Waals surface area contributed by atoms with Gasteiger partial charge in [0, 0.05) is 12.3 Å². The molecule has 0 aliphatic heterocycles. The maximum Gasteiger partial charge on any atom is 0.412 e. The smallest absolute Gasteiger partial charge is 0.412 e. The summed E-state index contributed by atoms with van der Waals surface area (Å²) in [5, 5.41) is 29.8. The number of carbonyl (C=O) groups is 1. The lowest BCUT2D eigenvalue weighted by Gasteiger charge is -2.24. The van der Waals surface area contributed by atoms with E-state index in [1.54, 1.807) is 31.2 Å². The molecule has 0 aromatic heterocycles. The van der Waals surface area contributed by atoms with Crippen LogP contribution < -0.4 is 5.32 Å². The summed E-state index contributed by atoms with van der Waals surface area (Å²) in [4.78, 5) is 12.2. The van der Waals surface area contributed by atoms with Gasteiger partial charge in [-0.1, -0.05) is 13.0 Å². The van der Waals surface area contributed by atoms with Crippen LogP contribution in [0.5, 0.6) is 5.75 Å². The standard InChI is InChI=1S/C19H19FN2O4/c1-12(8-9-23)18(14-4-7-17(24)16(20)10-14)26-19(25)22-15-5-2-13(11-21)3-6-15/h2-7,10,12,18,23-24H,8-9H2,1H3,(H,22,25)/t12-,18-/m1/s1. The SMILES string of the molecule is C[C@H](CCO)[C@@H](OC(=O)Nc1ccc(C#N)cc1)c1ccc(O)c(F)c1. The summed E-state index contributed by atoms with van der Waals surface area (Å²) in [6, 6.07) is 12.0. The van der Waals surface area contributed by atoms with Crippen molar-refractivity contribution in [2.75, 3.05) is 11.9 Å². The van der Waals surface area contributed by atoms with Gasteiger partial charge in [-0.2, -0.15) is 5.26 Å². The van der Waals surface area contributed by atoms with Crippen molar-refractivity contribution in [1.29, 1.82) is 5.26 Å². The third-order valence-corrected chi connectivity index (χ3v) is 3.90. The summed E-state index contributed by atoms with van der Waals surface area (Å²) in [6.45, 7) is 1.65. The van der Waals surface area contributed by atoms with Crippen LogP contribution in [0.2, 0.25) is 0 Å². The van der Waals surface area contributed by atoms with Gasteiger partial charge in [0.1, 0.15) is 6.10 Å². The molecule has 3 N–H and O–H groups in total. The molecule has 1 amide bonds. The number of nitrogens with one attached hydrogen (secondary N) is 1. The maximum absolute atomic E-state index is 13.7. The van der Waals surface area contributed by atoms with E-state index in [0.717, 1.165) is 6.07 Å². The Morgan fingerprint density at radius 2 is 2.00 bits per heavy atom. The highest BCUT2D eigenvalue weighted by Crippen LogP contribution is 2.31. The molecular weight excluding hydrogens is 339 g/mol. The normalized spacial score (nSPS) is 12.7. The molecule has 0 heterocycles. The van der Waals surface area contributed by atoms with Gasteiger partial charge in [-0.3, -0.25) is 5.32 Å². The number of hydrogen-bond donors (Lipinski definition) is 3. The maximum atomic E-state index is 13.7. The molecule has 26 heavy (non-hydrogen) atoms. The van der Waals surface area contributed by atoms with Crippen LogP contribution in [0.1, 0.15) is 30.6 Å². The van der Waals surface area contributed by atoms with Gasteiger partial charge >= 0.3 is 6.09 Å². The molecule has 0 aliphatic rings. The first kappa shape index (κ1) is 19.2. The third-order valence-electron chi connectivity index (χ3n) is 3.90. The Morgan fingerprint density at radius 3 is 2.58 bits per heavy atom. The predicted octanol–water partition coefficient (Wildman–Crippen LogP) is 3.71. The molecule has 0 fully saturated rings. The van der Waals surface area contributed by atoms with E-state index >= 15 is 0 Å². The molecule has 0 bridgehead atoms. The molecule has 2 aromatic carbocycles. The molecule has 0 saturated carbocycles. The second-order valence-corrected chi connectivity index (χ2v) is 5.84. The van der Waals surface area contributed by atoms with Crippen molar-refractivity contribution < 1.29 is 24.1 Å². The van der Waals surface area contributed by atoms with Crippen LogP contribution in [0, 0.1) is 23.1 Å². The van der Waals surface area contributed by atoms with Crippen molar-refractivity contribution in [3.05, 3.63) is 59.4 Å². The molecule has 0 saturated heterocycles. The monoisotopic (exact) mass is 358 g/mol. The predicted molar refractivity (Wildman–Crippen MR) is 92.9 cm³/mol. The first-order chi connectivity index (χ1) is 12.4. The summed E-state index contributed by atoms with van der Waals surface area (Å²) in [5.41, 5.74) is 1.27. The largest absolute Gasteiger partial charge is 0.505 e. The van der Waals surface area contributed by atoms with E-state index in [1.807, 2.05) is 6.07 Å². The number of benzene rings is 2. The van der Waals surface area contributed by atoms with E-state index in [4.69, 9.17) is 15.1 Å². The molecule has 6 nitrogen and oxygen atoms in total. The summed E-state index contributed by atoms with van der Waals surface area (Å²) < 4.78 is 19.1. The molecule has 0 unspecified atom stereocenters. The average Bonchev–Trinajstić information content (AvgIpc) is 2.63. The summed E-state index contributed by atoms with van der Waals surface area (Å²) in [6.07, 6.45) is -1.22. The molecule has 136 valence electrons. The quantitative estimate of drug-likeness (QED) is 0.730. The highest BCUT2D eigenvalue weighted by molar-refractivity contribution is 5.84. The average molecular weight is 358 g/mol. The van der Waals surface area contributed by atoms with E-state index in [2.05, 4.69) is 5.32 Å². The van der Waals surface area contributed by atoms with Crippen LogP contribution in [0.15, 0.2) is 42.5 Å². The number of nitriles is 1. The number of phenols is 1. The number of aromatic hydroxyl groups is 1. The van der Waals surface area contributed by atoms with Crippen LogP contribution in [-0.2, 0) is 4.74 Å². The zero-order chi connectivity index (χ0) is 19.1. The highest BCUT2D eigenvalue weighted by atomic mass is 19.1. The fourth-order valence-corrected chi connectivity index (χ4v) is 2.46. The topological polar surface area (TPSA) is 103 Å². The molecule has 0 radical (unpaired) electrons. The minimum atomic E-state index is -0.820. The van der Waals surface area contributed by atoms with E-state index in [-0.39, 0.29) is 12.5 Å². The van der Waals surface area contributed by atoms with Crippen molar-refractivity contribution in [1.82, 2.24) is 0 Å². The van der Waals surface area contributed by atoms with Crippen LogP contribution in [0.4, 0.5) is 14.9 Å². The Bertz CT molecular complexity index is 802. The molecule has 2 atom stereocenters. The zero-order valence-corrected chi connectivity index (χ0v) is 14.1. The zero-order valence-electron chi connectivity index (χ0n) is 14.1. The van der Waals surface area contributed by atoms with Gasteiger partial charge in [0.05, 0.1) is 11.6 Å². The van der Waals surface area contributed by atoms with Crippen molar-refractivity contribution in [2.45, 2.75) is 19.4 Å². The van der Waals surface area contributed by atoms with Crippen molar-refractivity contribution in [3.63, 3.8) is 0 Å². The first-order valence-corrected chi connectivity index (χ1v) is 8.01. The minimum Gasteiger partial charge on any atom is -0.505 e. The number of nitrogens with zero attached hydrogens (tertiary/aromatic N) is 1. The summed E-state index contributed by atoms with van der Waals surface area (Å²) in [7, 11) is 0. The van der Waals surface area contributed by atoms with Gasteiger partial charge in [0.2, 0.25) is 0 Å². The summed E-state index contributed by atoms with van der Waals surface area (Å²) >= 11 is 0. The molecular formula is C19H19FN2O4. The Morgan fingerprint density at radius 1 is 1.31 bits per heavy atom. The second-order valence-electron chi connectivity index (χ2n) is 5.84. The fourth-order valence-electron chi connectivity index (χ4n) is 2.46. The van der Waals surface area contributed by atoms with Gasteiger partial charge in [0.15, 0.2) is 11.6 Å². The number of aliphatic hydroxyl groups excluding tert-OH is 1. The lowest BCUT2D eigenvalue weighted by atomic mass is 9.94. The lowest BCUT2D eigenvalue weighted by molar-refractivity contribution is 0.0665. The molecule has 2 aromatic rings. The van der Waals surface area contributed by atoms with Crippen molar-refractivity contribution in [2.24, 2.45) is 5.92 Å². The summed E-state index contributed by atoms with van der Waals surface area (Å²) in [5.74, 6) is -1.60. The van der Waals surface area contributed by atoms with E-state index < -0.39 is 23.8 Å². The van der Waals surface area contributed by atoms with Gasteiger partial charge < -0.3 is 14.9 Å². The second kappa shape index (κ2) is 8.83. The van der Waals surface area contributed by atoms with Crippen LogP contribution in [0.25, 0.3) is 0 Å². The van der Waals surface area contributed by atoms with E-state index in [1.165, 1.54) is 12.1 Å². The van der Waals surface area contributed by atoms with Gasteiger partial charge in [0.25, 0.3) is 0 Å². The first-order valence-electron chi connectivity index (χ1n) is 8.01. The fraction of sp³-hybridized carbons (Fsp3) is 0.263. The van der Waals surface area contributed by atoms with E-state index in [0.29, 0.717) is 23.2 Å². The third kappa shape index (κ3) is 4.94. The number of hydrogen-bond acceptors (Lipinski definition) is 5. The molecule has 0 aliphatic carbocycles. The molecule has 2 rings (SSSR count). The number of anilines is 1. The Labute approximate surface area is 150 Å². The molecule has 0 spiro atoms. The Balaban J connectivity index is 2.15. The Kier molecular flexibility index (Phi) is 6.53. The number of phenolic OH excluding ortho intramolecular Hbond substituents is 1. The van der Waals surface area contributed by atoms with Gasteiger partial charge in [-0.25, -0.2) is 9.18 Å². The number of carbonyl (C=O) groups excluding carboxylic acids is 1. The minimum absolute atomic E-state index is 0.112. The van der Waals surface area contributed by atoms with Crippen molar-refractivity contribution in [3.8, 4) is 11.8 Å². The highest BCUT2D eigenvalue weighted by Gasteiger charge is 2.24. The molecule has 7 heteroatoms. The number of halogens is 1. The van der Waals surface area contributed by atoms with Gasteiger partial charge in [-0.05, 0) is 54.3 Å². The van der Waals surface area contributed by atoms with Crippen LogP contribution in [0.3, 0.4) is 0 Å².